The van der Waals surface area contributed by atoms with Crippen molar-refractivity contribution in [2.45, 2.75) is 68.7 Å². The number of hydrogen-bond acceptors (Lipinski definition) is 3. The fraction of sp³-hybridized carbons (Fsp3) is 0.706. The summed E-state index contributed by atoms with van der Waals surface area (Å²) in [4.78, 5) is 4.46. The van der Waals surface area contributed by atoms with Crippen molar-refractivity contribution in [2.24, 2.45) is 5.92 Å². The van der Waals surface area contributed by atoms with Crippen LogP contribution in [0.15, 0.2) is 23.4 Å². The van der Waals surface area contributed by atoms with E-state index in [-0.39, 0.29) is 0 Å². The van der Waals surface area contributed by atoms with Crippen LogP contribution in [0.3, 0.4) is 0 Å². The molecule has 1 heterocycles. The van der Waals surface area contributed by atoms with Gasteiger partial charge >= 0.3 is 0 Å². The average molecular weight is 327 g/mol. The van der Waals surface area contributed by atoms with Crippen molar-refractivity contribution >= 4 is 23.4 Å². The molecule has 2 nitrogen and oxygen atoms in total. The Morgan fingerprint density at radius 1 is 1.29 bits per heavy atom. The van der Waals surface area contributed by atoms with Crippen molar-refractivity contribution in [3.63, 3.8) is 0 Å². The number of thioether (sulfide) groups is 1. The number of pyridine rings is 1. The lowest BCUT2D eigenvalue weighted by molar-refractivity contribution is 0.287. The molecule has 1 N–H and O–H groups in total. The van der Waals surface area contributed by atoms with E-state index in [0.29, 0.717) is 16.3 Å². The highest BCUT2D eigenvalue weighted by Gasteiger charge is 2.30. The SMILES string of the molecule is CCCNC1CCC(CCC)CC1Sc1ccc(Cl)cn1. The fourth-order valence-electron chi connectivity index (χ4n) is 3.16. The highest BCUT2D eigenvalue weighted by atomic mass is 35.5. The molecule has 0 bridgehead atoms. The van der Waals surface area contributed by atoms with E-state index >= 15 is 0 Å². The van der Waals surface area contributed by atoms with Crippen LogP contribution in [0.2, 0.25) is 5.02 Å². The van der Waals surface area contributed by atoms with Gasteiger partial charge in [-0.3, -0.25) is 0 Å². The van der Waals surface area contributed by atoms with Crippen LogP contribution in [-0.2, 0) is 0 Å². The van der Waals surface area contributed by atoms with Crippen LogP contribution in [0.4, 0.5) is 0 Å². The second kappa shape index (κ2) is 9.02. The summed E-state index contributed by atoms with van der Waals surface area (Å²) >= 11 is 7.86. The molecule has 3 unspecified atom stereocenters. The Morgan fingerprint density at radius 2 is 2.14 bits per heavy atom. The molecule has 0 spiro atoms. The Hall–Kier alpha value is -0.250. The van der Waals surface area contributed by atoms with Crippen LogP contribution >= 0.6 is 23.4 Å². The summed E-state index contributed by atoms with van der Waals surface area (Å²) in [6, 6.07) is 4.62. The second-order valence-electron chi connectivity index (χ2n) is 6.00. The van der Waals surface area contributed by atoms with E-state index in [4.69, 9.17) is 11.6 Å². The standard InChI is InChI=1S/C17H27ClN2S/c1-3-5-13-6-8-15(19-10-4-2)16(11-13)21-17-9-7-14(18)12-20-17/h7,9,12-13,15-16,19H,3-6,8,10-11H2,1-2H3. The van der Waals surface area contributed by atoms with E-state index in [1.54, 1.807) is 6.20 Å². The lowest BCUT2D eigenvalue weighted by atomic mass is 9.83. The molecule has 1 aliphatic carbocycles. The van der Waals surface area contributed by atoms with E-state index in [1.807, 2.05) is 23.9 Å². The second-order valence-corrected chi connectivity index (χ2v) is 7.70. The van der Waals surface area contributed by atoms with Gasteiger partial charge in [-0.1, -0.05) is 38.3 Å². The Bertz CT molecular complexity index is 410. The molecule has 1 aromatic heterocycles. The maximum Gasteiger partial charge on any atom is 0.0964 e. The minimum Gasteiger partial charge on any atom is -0.313 e. The van der Waals surface area contributed by atoms with E-state index in [0.717, 1.165) is 17.5 Å². The third kappa shape index (κ3) is 5.46. The molecule has 1 fully saturated rings. The molecular formula is C17H27ClN2S. The molecule has 0 amide bonds. The van der Waals surface area contributed by atoms with Crippen molar-refractivity contribution in [1.82, 2.24) is 10.3 Å². The minimum atomic E-state index is 0.625. The zero-order valence-corrected chi connectivity index (χ0v) is 14.7. The Balaban J connectivity index is 1.99. The van der Waals surface area contributed by atoms with Crippen LogP contribution in [0.1, 0.15) is 52.4 Å². The first-order chi connectivity index (χ1) is 10.2. The highest BCUT2D eigenvalue weighted by molar-refractivity contribution is 7.99. The van der Waals surface area contributed by atoms with Gasteiger partial charge in [0, 0.05) is 17.5 Å². The van der Waals surface area contributed by atoms with Crippen molar-refractivity contribution in [1.29, 1.82) is 0 Å². The number of hydrogen-bond donors (Lipinski definition) is 1. The summed E-state index contributed by atoms with van der Waals surface area (Å²) in [5.41, 5.74) is 0. The number of rotatable bonds is 7. The van der Waals surface area contributed by atoms with Crippen LogP contribution in [0, 0.1) is 5.92 Å². The summed E-state index contributed by atoms with van der Waals surface area (Å²) in [6.45, 7) is 5.65. The van der Waals surface area contributed by atoms with Crippen molar-refractivity contribution < 1.29 is 0 Å². The third-order valence-electron chi connectivity index (χ3n) is 4.23. The zero-order valence-electron chi connectivity index (χ0n) is 13.1. The summed E-state index contributed by atoms with van der Waals surface area (Å²) < 4.78 is 0. The average Bonchev–Trinajstić information content (AvgIpc) is 2.49. The molecule has 0 radical (unpaired) electrons. The molecule has 1 saturated carbocycles. The van der Waals surface area contributed by atoms with Gasteiger partial charge in [0.15, 0.2) is 0 Å². The monoisotopic (exact) mass is 326 g/mol. The van der Waals surface area contributed by atoms with E-state index in [1.165, 1.54) is 38.5 Å². The van der Waals surface area contributed by atoms with Gasteiger partial charge in [-0.05, 0) is 50.3 Å². The molecule has 21 heavy (non-hydrogen) atoms. The van der Waals surface area contributed by atoms with Crippen LogP contribution in [-0.4, -0.2) is 22.8 Å². The summed E-state index contributed by atoms with van der Waals surface area (Å²) in [5, 5.41) is 6.19. The Morgan fingerprint density at radius 3 is 2.81 bits per heavy atom. The molecule has 0 aliphatic heterocycles. The minimum absolute atomic E-state index is 0.625. The quantitative estimate of drug-likeness (QED) is 0.748. The van der Waals surface area contributed by atoms with Crippen LogP contribution < -0.4 is 5.32 Å². The molecule has 1 aromatic rings. The van der Waals surface area contributed by atoms with E-state index in [9.17, 15) is 0 Å². The summed E-state index contributed by atoms with van der Waals surface area (Å²) in [7, 11) is 0. The van der Waals surface area contributed by atoms with E-state index in [2.05, 4.69) is 24.1 Å². The maximum absolute atomic E-state index is 5.93. The van der Waals surface area contributed by atoms with Gasteiger partial charge in [0.05, 0.1) is 10.0 Å². The molecule has 0 aromatic carbocycles. The first-order valence-corrected chi connectivity index (χ1v) is 9.50. The topological polar surface area (TPSA) is 24.9 Å². The van der Waals surface area contributed by atoms with Crippen molar-refractivity contribution in [3.05, 3.63) is 23.4 Å². The lowest BCUT2D eigenvalue weighted by Gasteiger charge is -2.36. The zero-order chi connectivity index (χ0) is 15.1. The summed E-state index contributed by atoms with van der Waals surface area (Å²) in [6.07, 6.45) is 9.61. The van der Waals surface area contributed by atoms with Gasteiger partial charge in [-0.25, -0.2) is 4.98 Å². The molecule has 4 heteroatoms. The molecule has 118 valence electrons. The predicted octanol–water partition coefficient (Wildman–Crippen LogP) is 5.16. The smallest absolute Gasteiger partial charge is 0.0964 e. The molecule has 2 rings (SSSR count). The van der Waals surface area contributed by atoms with Gasteiger partial charge in [-0.15, -0.1) is 11.8 Å². The van der Waals surface area contributed by atoms with Gasteiger partial charge in [0.2, 0.25) is 0 Å². The number of nitrogens with one attached hydrogen (secondary N) is 1. The van der Waals surface area contributed by atoms with Crippen molar-refractivity contribution in [2.75, 3.05) is 6.54 Å². The van der Waals surface area contributed by atoms with Gasteiger partial charge < -0.3 is 5.32 Å². The number of halogens is 1. The summed E-state index contributed by atoms with van der Waals surface area (Å²) in [5.74, 6) is 0.888. The first kappa shape index (κ1) is 17.1. The molecule has 3 atom stereocenters. The first-order valence-electron chi connectivity index (χ1n) is 8.24. The predicted molar refractivity (Wildman–Crippen MR) is 93.2 cm³/mol. The Kier molecular flexibility index (Phi) is 7.35. The van der Waals surface area contributed by atoms with Crippen LogP contribution in [0.25, 0.3) is 0 Å². The van der Waals surface area contributed by atoms with Crippen LogP contribution in [0.5, 0.6) is 0 Å². The maximum atomic E-state index is 5.93. The van der Waals surface area contributed by atoms with Gasteiger partial charge in [0.25, 0.3) is 0 Å². The highest BCUT2D eigenvalue weighted by Crippen LogP contribution is 2.37. The van der Waals surface area contributed by atoms with Gasteiger partial charge in [0.1, 0.15) is 0 Å². The van der Waals surface area contributed by atoms with Gasteiger partial charge in [-0.2, -0.15) is 0 Å². The molecule has 0 saturated heterocycles. The lowest BCUT2D eigenvalue weighted by Crippen LogP contribution is -2.43. The number of nitrogens with zero attached hydrogens (tertiary/aromatic N) is 1. The molecular weight excluding hydrogens is 300 g/mol. The Labute approximate surface area is 138 Å². The normalized spacial score (nSPS) is 26.0. The number of aromatic nitrogens is 1. The molecule has 1 aliphatic rings. The van der Waals surface area contributed by atoms with E-state index < -0.39 is 0 Å². The van der Waals surface area contributed by atoms with Crippen molar-refractivity contribution in [3.8, 4) is 0 Å². The fourth-order valence-corrected chi connectivity index (χ4v) is 4.61. The third-order valence-corrected chi connectivity index (χ3v) is 5.76. The largest absolute Gasteiger partial charge is 0.313 e.